The molecule has 2 unspecified atom stereocenters. The van der Waals surface area contributed by atoms with Crippen molar-refractivity contribution in [2.75, 3.05) is 6.54 Å². The molecular formula is C27H33N3O4. The predicted molar refractivity (Wildman–Crippen MR) is 129 cm³/mol. The second-order valence-electron chi connectivity index (χ2n) is 9.66. The van der Waals surface area contributed by atoms with Crippen LogP contribution in [0, 0.1) is 5.92 Å². The molecule has 1 amide bonds. The normalized spacial score (nSPS) is 22.6. The van der Waals surface area contributed by atoms with Gasteiger partial charge in [-0.25, -0.2) is 0 Å². The molecule has 7 heteroatoms. The number of fused-ring (bicyclic) bond motifs is 1. The highest BCUT2D eigenvalue weighted by atomic mass is 16.4. The Morgan fingerprint density at radius 1 is 1.06 bits per heavy atom. The Morgan fingerprint density at radius 3 is 2.53 bits per heavy atom. The van der Waals surface area contributed by atoms with Crippen molar-refractivity contribution in [2.24, 2.45) is 17.4 Å². The van der Waals surface area contributed by atoms with Crippen molar-refractivity contribution in [1.82, 2.24) is 4.90 Å². The van der Waals surface area contributed by atoms with Crippen LogP contribution in [0.1, 0.15) is 41.5 Å². The highest BCUT2D eigenvalue weighted by Crippen LogP contribution is 2.30. The Balaban J connectivity index is 1.43. The van der Waals surface area contributed by atoms with Gasteiger partial charge in [0, 0.05) is 19.0 Å². The van der Waals surface area contributed by atoms with Crippen LogP contribution in [0.25, 0.3) is 0 Å². The number of nitrogens with two attached hydrogens (primary N) is 2. The van der Waals surface area contributed by atoms with Gasteiger partial charge in [-0.1, -0.05) is 48.5 Å². The number of hydrogen-bond donors (Lipinski definition) is 3. The van der Waals surface area contributed by atoms with Crippen LogP contribution in [0.2, 0.25) is 0 Å². The van der Waals surface area contributed by atoms with E-state index in [-0.39, 0.29) is 30.6 Å². The van der Waals surface area contributed by atoms with Gasteiger partial charge in [-0.15, -0.1) is 0 Å². The van der Waals surface area contributed by atoms with Gasteiger partial charge in [-0.2, -0.15) is 0 Å². The molecule has 4 rings (SSSR count). The van der Waals surface area contributed by atoms with E-state index in [9.17, 15) is 19.5 Å². The summed E-state index contributed by atoms with van der Waals surface area (Å²) in [7, 11) is 0. The summed E-state index contributed by atoms with van der Waals surface area (Å²) < 4.78 is 0. The van der Waals surface area contributed by atoms with E-state index < -0.39 is 24.0 Å². The third-order valence-electron chi connectivity index (χ3n) is 7.09. The second kappa shape index (κ2) is 10.5. The first-order valence-corrected chi connectivity index (χ1v) is 12.0. The summed E-state index contributed by atoms with van der Waals surface area (Å²) in [6.45, 7) is 0.451. The number of rotatable bonds is 10. The predicted octanol–water partition coefficient (Wildman–Crippen LogP) is 1.88. The van der Waals surface area contributed by atoms with Gasteiger partial charge in [-0.05, 0) is 54.4 Å². The molecule has 2 aromatic rings. The molecule has 1 aliphatic heterocycles. The minimum absolute atomic E-state index is 0.128. The number of aryl methyl sites for hydroxylation is 1. The number of Topliss-reactive ketones (excluding diaryl/α,β-unsaturated/α-hetero) is 1. The second-order valence-corrected chi connectivity index (χ2v) is 9.66. The maximum absolute atomic E-state index is 13.1. The number of likely N-dealkylation sites (tertiary alicyclic amines) is 1. The molecule has 180 valence electrons. The third-order valence-corrected chi connectivity index (χ3v) is 7.09. The standard InChI is InChI=1S/C27H33N3O4/c28-22-13-19-9-8-18(11-20(19)14-22)12-24(31)26(29)23-15-21(16-25(32)33)27(34)30(23)10-4-7-17-5-2-1-3-6-17/h1-3,5-6,8-9,11,21-23,26H,4,7,10,12-16,28-29H2,(H,32,33)/t21-,22?,23-,26?/m0/s1. The molecule has 0 bridgehead atoms. The molecule has 7 nitrogen and oxygen atoms in total. The summed E-state index contributed by atoms with van der Waals surface area (Å²) >= 11 is 0. The van der Waals surface area contributed by atoms with Gasteiger partial charge in [0.2, 0.25) is 5.91 Å². The van der Waals surface area contributed by atoms with E-state index in [1.807, 2.05) is 48.5 Å². The van der Waals surface area contributed by atoms with Crippen LogP contribution in [-0.4, -0.2) is 52.3 Å². The molecule has 1 heterocycles. The number of ketones is 1. The van der Waals surface area contributed by atoms with Crippen molar-refractivity contribution in [3.63, 3.8) is 0 Å². The van der Waals surface area contributed by atoms with E-state index in [1.165, 1.54) is 16.7 Å². The fourth-order valence-corrected chi connectivity index (χ4v) is 5.36. The van der Waals surface area contributed by atoms with Crippen molar-refractivity contribution in [3.05, 3.63) is 70.8 Å². The Kier molecular flexibility index (Phi) is 7.44. The highest BCUT2D eigenvalue weighted by molar-refractivity contribution is 5.90. The largest absolute Gasteiger partial charge is 0.481 e. The lowest BCUT2D eigenvalue weighted by Gasteiger charge is -2.29. The lowest BCUT2D eigenvalue weighted by molar-refractivity contribution is -0.142. The van der Waals surface area contributed by atoms with Gasteiger partial charge in [0.1, 0.15) is 0 Å². The van der Waals surface area contributed by atoms with Gasteiger partial charge >= 0.3 is 5.97 Å². The summed E-state index contributed by atoms with van der Waals surface area (Å²) in [6, 6.07) is 14.8. The van der Waals surface area contributed by atoms with Crippen molar-refractivity contribution in [3.8, 4) is 0 Å². The van der Waals surface area contributed by atoms with Gasteiger partial charge in [0.05, 0.1) is 24.4 Å². The number of hydrogen-bond acceptors (Lipinski definition) is 5. The van der Waals surface area contributed by atoms with Crippen molar-refractivity contribution in [1.29, 1.82) is 0 Å². The molecule has 0 aromatic heterocycles. The van der Waals surface area contributed by atoms with E-state index in [1.54, 1.807) is 4.90 Å². The lowest BCUT2D eigenvalue weighted by Crippen LogP contribution is -2.50. The maximum Gasteiger partial charge on any atom is 0.304 e. The average molecular weight is 464 g/mol. The van der Waals surface area contributed by atoms with Crippen LogP contribution in [0.3, 0.4) is 0 Å². The first-order chi connectivity index (χ1) is 16.3. The number of carbonyl (C=O) groups is 3. The van der Waals surface area contributed by atoms with E-state index >= 15 is 0 Å². The molecule has 1 saturated heterocycles. The summed E-state index contributed by atoms with van der Waals surface area (Å²) in [4.78, 5) is 39.1. The number of nitrogens with zero attached hydrogens (tertiary/aromatic N) is 1. The Labute approximate surface area is 200 Å². The number of aliphatic carboxylic acids is 1. The van der Waals surface area contributed by atoms with Crippen LogP contribution in [0.4, 0.5) is 0 Å². The van der Waals surface area contributed by atoms with Crippen LogP contribution in [-0.2, 0) is 40.1 Å². The van der Waals surface area contributed by atoms with Crippen LogP contribution in [0.15, 0.2) is 48.5 Å². The number of amides is 1. The van der Waals surface area contributed by atoms with Gasteiger partial charge in [-0.3, -0.25) is 14.4 Å². The molecule has 0 spiro atoms. The summed E-state index contributed by atoms with van der Waals surface area (Å²) in [5.74, 6) is -2.00. The van der Waals surface area contributed by atoms with Gasteiger partial charge in [0.25, 0.3) is 0 Å². The Bertz CT molecular complexity index is 1060. The Hall–Kier alpha value is -3.03. The van der Waals surface area contributed by atoms with E-state index in [0.717, 1.165) is 31.2 Å². The monoisotopic (exact) mass is 463 g/mol. The van der Waals surface area contributed by atoms with E-state index in [0.29, 0.717) is 13.0 Å². The van der Waals surface area contributed by atoms with Crippen LogP contribution in [0.5, 0.6) is 0 Å². The van der Waals surface area contributed by atoms with Crippen molar-refractivity contribution in [2.45, 2.75) is 63.1 Å². The molecule has 5 N–H and O–H groups in total. The SMILES string of the molecule is NC1Cc2ccc(CC(=O)C(N)[C@@H]3C[C@@H](CC(=O)O)C(=O)N3CCCc3ccccc3)cc2C1. The zero-order chi connectivity index (χ0) is 24.2. The fourth-order valence-electron chi connectivity index (χ4n) is 5.36. The van der Waals surface area contributed by atoms with Crippen molar-refractivity contribution < 1.29 is 19.5 Å². The molecule has 1 aliphatic carbocycles. The summed E-state index contributed by atoms with van der Waals surface area (Å²) in [5, 5.41) is 9.25. The van der Waals surface area contributed by atoms with E-state index in [2.05, 4.69) is 0 Å². The molecule has 1 fully saturated rings. The topological polar surface area (TPSA) is 127 Å². The van der Waals surface area contributed by atoms with Crippen LogP contribution < -0.4 is 11.5 Å². The molecule has 4 atom stereocenters. The van der Waals surface area contributed by atoms with Crippen LogP contribution >= 0.6 is 0 Å². The average Bonchev–Trinajstić information content (AvgIpc) is 3.32. The molecular weight excluding hydrogens is 430 g/mol. The number of carboxylic acids is 1. The third kappa shape index (κ3) is 5.54. The molecule has 2 aromatic carbocycles. The molecule has 0 radical (unpaired) electrons. The summed E-state index contributed by atoms with van der Waals surface area (Å²) in [6.07, 6.45) is 3.43. The minimum Gasteiger partial charge on any atom is -0.481 e. The number of benzene rings is 2. The number of carboxylic acid groups (broad SMARTS) is 1. The Morgan fingerprint density at radius 2 is 1.79 bits per heavy atom. The highest BCUT2D eigenvalue weighted by Gasteiger charge is 2.44. The number of carbonyl (C=O) groups excluding carboxylic acids is 2. The molecule has 0 saturated carbocycles. The van der Waals surface area contributed by atoms with Gasteiger partial charge < -0.3 is 21.5 Å². The smallest absolute Gasteiger partial charge is 0.304 e. The fraction of sp³-hybridized carbons (Fsp3) is 0.444. The molecule has 2 aliphatic rings. The van der Waals surface area contributed by atoms with Crippen molar-refractivity contribution >= 4 is 17.7 Å². The zero-order valence-corrected chi connectivity index (χ0v) is 19.4. The minimum atomic E-state index is -1.01. The van der Waals surface area contributed by atoms with Gasteiger partial charge in [0.15, 0.2) is 5.78 Å². The van der Waals surface area contributed by atoms with E-state index in [4.69, 9.17) is 11.5 Å². The zero-order valence-electron chi connectivity index (χ0n) is 19.4. The first-order valence-electron chi connectivity index (χ1n) is 12.0. The maximum atomic E-state index is 13.1. The summed E-state index contributed by atoms with van der Waals surface area (Å²) in [5.41, 5.74) is 17.0. The quantitative estimate of drug-likeness (QED) is 0.494. The molecule has 34 heavy (non-hydrogen) atoms. The lowest BCUT2D eigenvalue weighted by atomic mass is 9.93. The first kappa shape index (κ1) is 24.1.